The van der Waals surface area contributed by atoms with Crippen molar-refractivity contribution in [3.05, 3.63) is 59.9 Å². The summed E-state index contributed by atoms with van der Waals surface area (Å²) in [5, 5.41) is 0. The number of fused-ring (bicyclic) bond motifs is 1. The summed E-state index contributed by atoms with van der Waals surface area (Å²) in [5.74, 6) is 1.65. The van der Waals surface area contributed by atoms with Gasteiger partial charge in [-0.3, -0.25) is 9.69 Å². The van der Waals surface area contributed by atoms with E-state index in [0.717, 1.165) is 76.4 Å². The first kappa shape index (κ1) is 23.9. The van der Waals surface area contributed by atoms with E-state index in [4.69, 9.17) is 4.98 Å². The molecule has 0 unspecified atom stereocenters. The second kappa shape index (κ2) is 10.4. The molecule has 1 aromatic heterocycles. The maximum atomic E-state index is 13.3. The Morgan fingerprint density at radius 2 is 1.63 bits per heavy atom. The van der Waals surface area contributed by atoms with Crippen molar-refractivity contribution in [1.82, 2.24) is 19.4 Å². The smallest absolute Gasteiger partial charge is 0.225 e. The number of aromatic nitrogens is 2. The zero-order chi connectivity index (χ0) is 24.4. The minimum Gasteiger partial charge on any atom is -0.368 e. The van der Waals surface area contributed by atoms with E-state index < -0.39 is 0 Å². The van der Waals surface area contributed by atoms with Gasteiger partial charge in [0.1, 0.15) is 5.82 Å². The molecule has 6 heteroatoms. The van der Waals surface area contributed by atoms with Crippen LogP contribution in [-0.4, -0.2) is 64.5 Å². The van der Waals surface area contributed by atoms with Gasteiger partial charge in [0.25, 0.3) is 0 Å². The van der Waals surface area contributed by atoms with E-state index in [2.05, 4.69) is 88.6 Å². The molecule has 2 aromatic carbocycles. The van der Waals surface area contributed by atoms with E-state index in [1.54, 1.807) is 0 Å². The minimum atomic E-state index is 0.157. The number of piperidine rings is 1. The van der Waals surface area contributed by atoms with Crippen LogP contribution in [0.3, 0.4) is 0 Å². The second-order valence-electron chi connectivity index (χ2n) is 10.3. The van der Waals surface area contributed by atoms with Gasteiger partial charge in [-0.2, -0.15) is 0 Å². The largest absolute Gasteiger partial charge is 0.368 e. The van der Waals surface area contributed by atoms with Gasteiger partial charge in [0, 0.05) is 43.8 Å². The Labute approximate surface area is 209 Å². The van der Waals surface area contributed by atoms with Crippen LogP contribution in [0.4, 0.5) is 5.69 Å². The molecule has 6 nitrogen and oxygen atoms in total. The first-order valence-corrected chi connectivity index (χ1v) is 13.3. The third kappa shape index (κ3) is 4.94. The molecule has 186 valence electrons. The van der Waals surface area contributed by atoms with Gasteiger partial charge in [-0.25, -0.2) is 4.98 Å². The molecule has 0 atom stereocenters. The third-order valence-electron chi connectivity index (χ3n) is 7.79. The number of aryl methyl sites for hydroxylation is 1. The highest BCUT2D eigenvalue weighted by Gasteiger charge is 2.31. The van der Waals surface area contributed by atoms with Crippen LogP contribution in [-0.2, 0) is 17.8 Å². The van der Waals surface area contributed by atoms with Crippen LogP contribution in [0.2, 0.25) is 0 Å². The molecule has 1 amide bonds. The molecule has 2 aliphatic rings. The number of carbonyl (C=O) groups is 1. The quantitative estimate of drug-likeness (QED) is 0.519. The van der Waals surface area contributed by atoms with Gasteiger partial charge >= 0.3 is 0 Å². The van der Waals surface area contributed by atoms with E-state index in [1.807, 2.05) is 0 Å². The number of amides is 1. The molecule has 0 saturated carbocycles. The highest BCUT2D eigenvalue weighted by molar-refractivity contribution is 5.79. The van der Waals surface area contributed by atoms with E-state index in [1.165, 1.54) is 16.8 Å². The van der Waals surface area contributed by atoms with Crippen molar-refractivity contribution in [1.29, 1.82) is 0 Å². The van der Waals surface area contributed by atoms with Crippen molar-refractivity contribution in [3.8, 4) is 0 Å². The van der Waals surface area contributed by atoms with Crippen LogP contribution in [0.1, 0.15) is 51.0 Å². The first-order valence-electron chi connectivity index (χ1n) is 13.3. The molecule has 2 saturated heterocycles. The minimum absolute atomic E-state index is 0.157. The Hall–Kier alpha value is -2.86. The first-order chi connectivity index (χ1) is 17.0. The summed E-state index contributed by atoms with van der Waals surface area (Å²) in [6, 6.07) is 17.5. The standard InChI is InChI=1S/C29H39N5O/c1-4-23-9-5-7-11-26(23)32-17-19-33(20-18-32)29(35)24-13-15-31(16-14-24)21-28-30-25-10-6-8-12-27(25)34(28)22(2)3/h5-12,22,24H,4,13-21H2,1-3H3. The van der Waals surface area contributed by atoms with Gasteiger partial charge in [-0.05, 0) is 70.0 Å². The maximum absolute atomic E-state index is 13.3. The number of para-hydroxylation sites is 3. The Bertz CT molecular complexity index is 1150. The number of carbonyl (C=O) groups excluding carboxylic acids is 1. The number of piperazine rings is 1. The Kier molecular flexibility index (Phi) is 7.09. The summed E-state index contributed by atoms with van der Waals surface area (Å²) < 4.78 is 2.36. The van der Waals surface area contributed by atoms with Crippen molar-refractivity contribution >= 4 is 22.6 Å². The van der Waals surface area contributed by atoms with Crippen molar-refractivity contribution in [3.63, 3.8) is 0 Å². The molecule has 3 aromatic rings. The molecule has 0 radical (unpaired) electrons. The predicted octanol–water partition coefficient (Wildman–Crippen LogP) is 4.74. The summed E-state index contributed by atoms with van der Waals surface area (Å²) in [7, 11) is 0. The highest BCUT2D eigenvalue weighted by atomic mass is 16.2. The highest BCUT2D eigenvalue weighted by Crippen LogP contribution is 2.27. The number of nitrogens with zero attached hydrogens (tertiary/aromatic N) is 5. The lowest BCUT2D eigenvalue weighted by Crippen LogP contribution is -2.51. The SMILES string of the molecule is CCc1ccccc1N1CCN(C(=O)C2CCN(Cc3nc4ccccc4n3C(C)C)CC2)CC1. The molecule has 35 heavy (non-hydrogen) atoms. The lowest BCUT2D eigenvalue weighted by atomic mass is 9.95. The monoisotopic (exact) mass is 473 g/mol. The predicted molar refractivity (Wildman–Crippen MR) is 143 cm³/mol. The zero-order valence-electron chi connectivity index (χ0n) is 21.5. The molecule has 3 heterocycles. The number of likely N-dealkylation sites (tertiary alicyclic amines) is 1. The average Bonchev–Trinajstić information content (AvgIpc) is 3.27. The van der Waals surface area contributed by atoms with Crippen molar-refractivity contribution in [2.24, 2.45) is 5.92 Å². The van der Waals surface area contributed by atoms with Gasteiger partial charge in [-0.15, -0.1) is 0 Å². The van der Waals surface area contributed by atoms with Crippen molar-refractivity contribution < 1.29 is 4.79 Å². The van der Waals surface area contributed by atoms with Crippen LogP contribution in [0.5, 0.6) is 0 Å². The van der Waals surface area contributed by atoms with Gasteiger partial charge in [0.2, 0.25) is 5.91 Å². The van der Waals surface area contributed by atoms with E-state index in [-0.39, 0.29) is 5.92 Å². The van der Waals surface area contributed by atoms with E-state index in [9.17, 15) is 4.79 Å². The van der Waals surface area contributed by atoms with Gasteiger partial charge < -0.3 is 14.4 Å². The number of rotatable bonds is 6. The van der Waals surface area contributed by atoms with Gasteiger partial charge in [-0.1, -0.05) is 37.3 Å². The van der Waals surface area contributed by atoms with E-state index in [0.29, 0.717) is 11.9 Å². The number of hydrogen-bond donors (Lipinski definition) is 0. The Morgan fingerprint density at radius 3 is 2.34 bits per heavy atom. The fraction of sp³-hybridized carbons (Fsp3) is 0.517. The molecule has 0 bridgehead atoms. The maximum Gasteiger partial charge on any atom is 0.225 e. The van der Waals surface area contributed by atoms with Crippen LogP contribution >= 0.6 is 0 Å². The Balaban J connectivity index is 1.15. The lowest BCUT2D eigenvalue weighted by molar-refractivity contribution is -0.137. The van der Waals surface area contributed by atoms with Crippen LogP contribution < -0.4 is 4.90 Å². The number of benzene rings is 2. The third-order valence-corrected chi connectivity index (χ3v) is 7.79. The van der Waals surface area contributed by atoms with Crippen LogP contribution in [0, 0.1) is 5.92 Å². The molecule has 5 rings (SSSR count). The van der Waals surface area contributed by atoms with Crippen molar-refractivity contribution in [2.45, 2.75) is 52.6 Å². The number of imidazole rings is 1. The summed E-state index contributed by atoms with van der Waals surface area (Å²) in [6.07, 6.45) is 2.93. The van der Waals surface area contributed by atoms with Gasteiger partial charge in [0.05, 0.1) is 17.6 Å². The van der Waals surface area contributed by atoms with E-state index >= 15 is 0 Å². The molecule has 2 fully saturated rings. The summed E-state index contributed by atoms with van der Waals surface area (Å²) in [5.41, 5.74) is 5.01. The lowest BCUT2D eigenvalue weighted by Gasteiger charge is -2.40. The number of hydrogen-bond acceptors (Lipinski definition) is 4. The molecule has 0 aliphatic carbocycles. The average molecular weight is 474 g/mol. The Morgan fingerprint density at radius 1 is 0.943 bits per heavy atom. The molecule has 0 N–H and O–H groups in total. The molecular formula is C29H39N5O. The zero-order valence-corrected chi connectivity index (χ0v) is 21.5. The van der Waals surface area contributed by atoms with Crippen LogP contribution in [0.25, 0.3) is 11.0 Å². The molecule has 0 spiro atoms. The summed E-state index contributed by atoms with van der Waals surface area (Å²) in [6.45, 7) is 12.9. The van der Waals surface area contributed by atoms with Crippen LogP contribution in [0.15, 0.2) is 48.5 Å². The van der Waals surface area contributed by atoms with Gasteiger partial charge in [0.15, 0.2) is 0 Å². The molecule has 2 aliphatic heterocycles. The summed E-state index contributed by atoms with van der Waals surface area (Å²) >= 11 is 0. The van der Waals surface area contributed by atoms with Crippen molar-refractivity contribution in [2.75, 3.05) is 44.2 Å². The summed E-state index contributed by atoms with van der Waals surface area (Å²) in [4.78, 5) is 25.3. The fourth-order valence-electron chi connectivity index (χ4n) is 5.86. The second-order valence-corrected chi connectivity index (χ2v) is 10.3. The fourth-order valence-corrected chi connectivity index (χ4v) is 5.86. The molecular weight excluding hydrogens is 434 g/mol. The normalized spacial score (nSPS) is 18.1. The number of anilines is 1. The topological polar surface area (TPSA) is 44.6 Å².